The van der Waals surface area contributed by atoms with Gasteiger partial charge in [0.2, 0.25) is 0 Å². The molecule has 2 aromatic rings. The summed E-state index contributed by atoms with van der Waals surface area (Å²) in [5, 5.41) is 6.96. The molecule has 0 radical (unpaired) electrons. The second-order valence-corrected chi connectivity index (χ2v) is 5.18. The third kappa shape index (κ3) is 2.60. The van der Waals surface area contributed by atoms with Gasteiger partial charge in [-0.3, -0.25) is 9.89 Å². The molecule has 0 aliphatic rings. The van der Waals surface area contributed by atoms with Crippen molar-refractivity contribution in [2.75, 3.05) is 0 Å². The highest BCUT2D eigenvalue weighted by Crippen LogP contribution is 2.14. The van der Waals surface area contributed by atoms with Crippen molar-refractivity contribution in [3.8, 4) is 11.4 Å². The van der Waals surface area contributed by atoms with E-state index in [1.807, 2.05) is 35.1 Å². The number of nitrogens with one attached hydrogen (secondary N) is 1. The summed E-state index contributed by atoms with van der Waals surface area (Å²) in [7, 11) is 0. The van der Waals surface area contributed by atoms with Crippen LogP contribution in [0.3, 0.4) is 0 Å². The predicted octanol–water partition coefficient (Wildman–Crippen LogP) is 2.90. The van der Waals surface area contributed by atoms with Crippen molar-refractivity contribution in [3.63, 3.8) is 0 Å². The Kier molecular flexibility index (Phi) is 4.54. The molecule has 2 aromatic heterocycles. The van der Waals surface area contributed by atoms with Gasteiger partial charge in [-0.1, -0.05) is 13.3 Å². The van der Waals surface area contributed by atoms with Crippen LogP contribution in [0, 0.1) is 11.7 Å². The largest absolute Gasteiger partial charge is 0.312 e. The molecule has 0 fully saturated rings. The van der Waals surface area contributed by atoms with E-state index in [0.717, 1.165) is 25.1 Å². The smallest absolute Gasteiger partial charge is 0.261 e. The Balaban J connectivity index is 2.58. The number of hydrogen-bond donors (Lipinski definition) is 1. The van der Waals surface area contributed by atoms with E-state index in [-0.39, 0.29) is 5.56 Å². The maximum absolute atomic E-state index is 12.6. The zero-order chi connectivity index (χ0) is 14.7. The van der Waals surface area contributed by atoms with Crippen LogP contribution in [0.25, 0.3) is 11.4 Å². The molecule has 0 aliphatic carbocycles. The van der Waals surface area contributed by atoms with E-state index < -0.39 is 0 Å². The van der Waals surface area contributed by atoms with Crippen LogP contribution in [-0.4, -0.2) is 19.3 Å². The minimum atomic E-state index is 0.00199. The van der Waals surface area contributed by atoms with E-state index in [1.54, 1.807) is 0 Å². The molecular weight excluding hydrogens is 272 g/mol. The van der Waals surface area contributed by atoms with E-state index in [9.17, 15) is 4.79 Å². The Morgan fingerprint density at radius 3 is 2.70 bits per heavy atom. The first-order chi connectivity index (χ1) is 9.60. The van der Waals surface area contributed by atoms with Gasteiger partial charge in [0.1, 0.15) is 0 Å². The monoisotopic (exact) mass is 292 g/mol. The number of hydrogen-bond acceptors (Lipinski definition) is 3. The van der Waals surface area contributed by atoms with Gasteiger partial charge in [-0.15, -0.1) is 0 Å². The van der Waals surface area contributed by atoms with Gasteiger partial charge in [-0.25, -0.2) is 0 Å². The molecule has 1 N–H and O–H groups in total. The van der Waals surface area contributed by atoms with E-state index in [0.29, 0.717) is 22.7 Å². The van der Waals surface area contributed by atoms with Crippen LogP contribution in [0.15, 0.2) is 16.9 Å². The fourth-order valence-corrected chi connectivity index (χ4v) is 2.51. The van der Waals surface area contributed by atoms with Gasteiger partial charge in [0.25, 0.3) is 5.56 Å². The SMILES string of the molecule is CCCCn1c(C)ccc(-c2n[nH]c(=S)n2CC)c1=O. The summed E-state index contributed by atoms with van der Waals surface area (Å²) in [5.74, 6) is 0.618. The lowest BCUT2D eigenvalue weighted by molar-refractivity contribution is 0.599. The number of aromatic amines is 1. The maximum atomic E-state index is 12.6. The van der Waals surface area contributed by atoms with Gasteiger partial charge in [-0.2, -0.15) is 5.10 Å². The van der Waals surface area contributed by atoms with Crippen LogP contribution in [0.2, 0.25) is 0 Å². The molecule has 2 rings (SSSR count). The molecular formula is C14H20N4OS. The van der Waals surface area contributed by atoms with E-state index in [1.165, 1.54) is 0 Å². The summed E-state index contributed by atoms with van der Waals surface area (Å²) < 4.78 is 4.20. The van der Waals surface area contributed by atoms with Crippen LogP contribution < -0.4 is 5.56 Å². The van der Waals surface area contributed by atoms with Crippen LogP contribution in [0.4, 0.5) is 0 Å². The number of aryl methyl sites for hydroxylation is 1. The quantitative estimate of drug-likeness (QED) is 0.862. The molecule has 0 atom stereocenters. The van der Waals surface area contributed by atoms with Gasteiger partial charge >= 0.3 is 0 Å². The Morgan fingerprint density at radius 1 is 1.30 bits per heavy atom. The zero-order valence-corrected chi connectivity index (χ0v) is 13.0. The number of rotatable bonds is 5. The Hall–Kier alpha value is -1.69. The number of H-pyrrole nitrogens is 1. The predicted molar refractivity (Wildman–Crippen MR) is 82.4 cm³/mol. The van der Waals surface area contributed by atoms with E-state index in [4.69, 9.17) is 12.2 Å². The summed E-state index contributed by atoms with van der Waals surface area (Å²) in [4.78, 5) is 12.6. The topological polar surface area (TPSA) is 55.6 Å². The molecule has 2 heterocycles. The molecule has 0 unspecified atom stereocenters. The number of unbranched alkanes of at least 4 members (excludes halogenated alkanes) is 1. The average Bonchev–Trinajstić information content (AvgIpc) is 2.79. The minimum Gasteiger partial charge on any atom is -0.312 e. The van der Waals surface area contributed by atoms with Gasteiger partial charge in [0.05, 0.1) is 5.56 Å². The molecule has 108 valence electrons. The second kappa shape index (κ2) is 6.17. The molecule has 0 aromatic carbocycles. The highest BCUT2D eigenvalue weighted by atomic mass is 32.1. The number of pyridine rings is 1. The van der Waals surface area contributed by atoms with Gasteiger partial charge in [0, 0.05) is 18.8 Å². The first-order valence-corrected chi connectivity index (χ1v) is 7.37. The van der Waals surface area contributed by atoms with Crippen molar-refractivity contribution < 1.29 is 0 Å². The van der Waals surface area contributed by atoms with Crippen LogP contribution in [-0.2, 0) is 13.1 Å². The molecule has 6 heteroatoms. The van der Waals surface area contributed by atoms with Crippen LogP contribution in [0.1, 0.15) is 32.4 Å². The Labute approximate surface area is 123 Å². The Bertz CT molecular complexity index is 711. The Morgan fingerprint density at radius 2 is 2.05 bits per heavy atom. The molecule has 0 amide bonds. The first kappa shape index (κ1) is 14.7. The van der Waals surface area contributed by atoms with Crippen molar-refractivity contribution in [2.45, 2.75) is 46.7 Å². The third-order valence-electron chi connectivity index (χ3n) is 3.44. The molecule has 5 nitrogen and oxygen atoms in total. The summed E-state index contributed by atoms with van der Waals surface area (Å²) in [5.41, 5.74) is 1.58. The summed E-state index contributed by atoms with van der Waals surface area (Å²) in [6, 6.07) is 3.79. The normalized spacial score (nSPS) is 10.9. The van der Waals surface area contributed by atoms with E-state index >= 15 is 0 Å². The van der Waals surface area contributed by atoms with Crippen molar-refractivity contribution in [1.82, 2.24) is 19.3 Å². The minimum absolute atomic E-state index is 0.00199. The van der Waals surface area contributed by atoms with E-state index in [2.05, 4.69) is 17.1 Å². The fraction of sp³-hybridized carbons (Fsp3) is 0.500. The lowest BCUT2D eigenvalue weighted by Gasteiger charge is -2.11. The fourth-order valence-electron chi connectivity index (χ4n) is 2.25. The molecule has 0 aliphatic heterocycles. The summed E-state index contributed by atoms with van der Waals surface area (Å²) in [6.45, 7) is 7.49. The highest BCUT2D eigenvalue weighted by Gasteiger charge is 2.14. The van der Waals surface area contributed by atoms with Crippen molar-refractivity contribution in [3.05, 3.63) is 33.0 Å². The molecule has 0 bridgehead atoms. The highest BCUT2D eigenvalue weighted by molar-refractivity contribution is 7.71. The molecule has 0 saturated carbocycles. The second-order valence-electron chi connectivity index (χ2n) is 4.80. The summed E-state index contributed by atoms with van der Waals surface area (Å²) >= 11 is 5.18. The number of nitrogens with zero attached hydrogens (tertiary/aromatic N) is 3. The lowest BCUT2D eigenvalue weighted by Crippen LogP contribution is -2.24. The van der Waals surface area contributed by atoms with Gasteiger partial charge < -0.3 is 9.13 Å². The maximum Gasteiger partial charge on any atom is 0.261 e. The molecule has 0 spiro atoms. The molecule has 0 saturated heterocycles. The standard InChI is InChI=1S/C14H20N4OS/c1-4-6-9-18-10(3)7-8-11(13(18)19)12-15-16-14(20)17(12)5-2/h7-8H,4-6,9H2,1-3H3,(H,16,20). The zero-order valence-electron chi connectivity index (χ0n) is 12.1. The lowest BCUT2D eigenvalue weighted by atomic mass is 10.2. The van der Waals surface area contributed by atoms with Crippen LogP contribution >= 0.6 is 12.2 Å². The van der Waals surface area contributed by atoms with Crippen molar-refractivity contribution >= 4 is 12.2 Å². The third-order valence-corrected chi connectivity index (χ3v) is 3.75. The van der Waals surface area contributed by atoms with Crippen molar-refractivity contribution in [1.29, 1.82) is 0 Å². The van der Waals surface area contributed by atoms with Crippen molar-refractivity contribution in [2.24, 2.45) is 0 Å². The van der Waals surface area contributed by atoms with Gasteiger partial charge in [0.15, 0.2) is 10.6 Å². The molecule has 20 heavy (non-hydrogen) atoms. The average molecular weight is 292 g/mol. The summed E-state index contributed by atoms with van der Waals surface area (Å²) in [6.07, 6.45) is 2.05. The van der Waals surface area contributed by atoms with Gasteiger partial charge in [-0.05, 0) is 44.6 Å². The number of aromatic nitrogens is 4. The first-order valence-electron chi connectivity index (χ1n) is 6.96. The van der Waals surface area contributed by atoms with Crippen LogP contribution in [0.5, 0.6) is 0 Å².